The fourth-order valence-electron chi connectivity index (χ4n) is 1.69. The minimum Gasteiger partial charge on any atom is -0.326 e. The highest BCUT2D eigenvalue weighted by Gasteiger charge is 2.23. The van der Waals surface area contributed by atoms with E-state index in [-0.39, 0.29) is 0 Å². The molecule has 0 fully saturated rings. The number of fused-ring (bicyclic) bond motifs is 1. The second-order valence-electron chi connectivity index (χ2n) is 4.48. The molecule has 0 spiro atoms. The molecule has 2 rings (SSSR count). The van der Waals surface area contributed by atoms with Gasteiger partial charge in [0.1, 0.15) is 0 Å². The zero-order valence-corrected chi connectivity index (χ0v) is 12.0. The molecular formula is C12H16N2O2S2. The Morgan fingerprint density at radius 3 is 2.67 bits per heavy atom. The van der Waals surface area contributed by atoms with Gasteiger partial charge in [-0.1, -0.05) is 12.1 Å². The van der Waals surface area contributed by atoms with Crippen LogP contribution in [0.25, 0.3) is 10.2 Å². The maximum atomic E-state index is 11.4. The predicted molar refractivity (Wildman–Crippen MR) is 75.6 cm³/mol. The van der Waals surface area contributed by atoms with Gasteiger partial charge in [0.05, 0.1) is 20.5 Å². The molecule has 2 N–H and O–H groups in total. The van der Waals surface area contributed by atoms with Crippen molar-refractivity contribution in [2.75, 3.05) is 6.26 Å². The Bertz CT molecular complexity index is 616. The van der Waals surface area contributed by atoms with Crippen LogP contribution in [0.15, 0.2) is 24.3 Å². The molecule has 98 valence electrons. The quantitative estimate of drug-likeness (QED) is 0.925. The highest BCUT2D eigenvalue weighted by molar-refractivity contribution is 7.91. The number of aromatic nitrogens is 1. The first-order chi connectivity index (χ1) is 8.38. The molecule has 0 saturated heterocycles. The smallest absolute Gasteiger partial charge is 0.151 e. The summed E-state index contributed by atoms with van der Waals surface area (Å²) in [5.74, 6) is 0. The molecule has 1 heterocycles. The number of rotatable bonds is 4. The van der Waals surface area contributed by atoms with Crippen molar-refractivity contribution in [1.82, 2.24) is 4.98 Å². The van der Waals surface area contributed by atoms with E-state index in [1.807, 2.05) is 24.3 Å². The Morgan fingerprint density at radius 2 is 2.06 bits per heavy atom. The first kappa shape index (κ1) is 13.5. The van der Waals surface area contributed by atoms with Crippen LogP contribution in [0.5, 0.6) is 0 Å². The van der Waals surface area contributed by atoms with E-state index < -0.39 is 21.1 Å². The fourth-order valence-corrected chi connectivity index (χ4v) is 3.46. The van der Waals surface area contributed by atoms with Crippen LogP contribution < -0.4 is 5.73 Å². The molecule has 2 aromatic rings. The Morgan fingerprint density at radius 1 is 1.39 bits per heavy atom. The highest BCUT2D eigenvalue weighted by atomic mass is 32.2. The number of nitrogens with zero attached hydrogens (tertiary/aromatic N) is 1. The molecule has 0 saturated carbocycles. The standard InChI is InChI=1S/C12H16N2O2S2/c1-8(18(2,15)16)9(13)7-12-14-10-5-3-4-6-11(10)17-12/h3-6,8-9H,7,13H2,1-2H3. The summed E-state index contributed by atoms with van der Waals surface area (Å²) < 4.78 is 24.0. The third-order valence-corrected chi connectivity index (χ3v) is 5.79. The summed E-state index contributed by atoms with van der Waals surface area (Å²) in [4.78, 5) is 4.46. The van der Waals surface area contributed by atoms with Crippen LogP contribution in [-0.4, -0.2) is 30.9 Å². The third-order valence-electron chi connectivity index (χ3n) is 3.03. The molecule has 0 aliphatic rings. The van der Waals surface area contributed by atoms with Crippen molar-refractivity contribution in [2.45, 2.75) is 24.6 Å². The fraction of sp³-hybridized carbons (Fsp3) is 0.417. The van der Waals surface area contributed by atoms with Crippen molar-refractivity contribution in [3.63, 3.8) is 0 Å². The second-order valence-corrected chi connectivity index (χ2v) is 8.00. The first-order valence-electron chi connectivity index (χ1n) is 5.67. The number of nitrogens with two attached hydrogens (primary N) is 1. The molecule has 0 bridgehead atoms. The molecule has 6 heteroatoms. The number of benzene rings is 1. The van der Waals surface area contributed by atoms with Crippen LogP contribution in [-0.2, 0) is 16.3 Å². The van der Waals surface area contributed by atoms with Crippen molar-refractivity contribution in [3.8, 4) is 0 Å². The van der Waals surface area contributed by atoms with Crippen LogP contribution in [0.3, 0.4) is 0 Å². The zero-order chi connectivity index (χ0) is 13.3. The number of hydrogen-bond donors (Lipinski definition) is 1. The van der Waals surface area contributed by atoms with Gasteiger partial charge >= 0.3 is 0 Å². The van der Waals surface area contributed by atoms with Crippen molar-refractivity contribution in [1.29, 1.82) is 0 Å². The van der Waals surface area contributed by atoms with Crippen LogP contribution in [0.1, 0.15) is 11.9 Å². The summed E-state index contributed by atoms with van der Waals surface area (Å²) in [7, 11) is -3.10. The second kappa shape index (κ2) is 4.95. The minimum atomic E-state index is -3.10. The maximum absolute atomic E-state index is 11.4. The van der Waals surface area contributed by atoms with Gasteiger partial charge in [0.15, 0.2) is 9.84 Å². The van der Waals surface area contributed by atoms with Crippen molar-refractivity contribution in [3.05, 3.63) is 29.3 Å². The SMILES string of the molecule is CC(C(N)Cc1nc2ccccc2s1)S(C)(=O)=O. The largest absolute Gasteiger partial charge is 0.326 e. The van der Waals surface area contributed by atoms with Crippen LogP contribution in [0, 0.1) is 0 Å². The third kappa shape index (κ3) is 2.88. The molecular weight excluding hydrogens is 268 g/mol. The van der Waals surface area contributed by atoms with Crippen LogP contribution >= 0.6 is 11.3 Å². The molecule has 1 aromatic carbocycles. The Labute approximate surface area is 111 Å². The Kier molecular flexibility index (Phi) is 3.70. The number of para-hydroxylation sites is 1. The Balaban J connectivity index is 2.19. The van der Waals surface area contributed by atoms with E-state index in [1.165, 1.54) is 6.26 Å². The molecule has 18 heavy (non-hydrogen) atoms. The van der Waals surface area contributed by atoms with E-state index >= 15 is 0 Å². The lowest BCUT2D eigenvalue weighted by Crippen LogP contribution is -2.39. The van der Waals surface area contributed by atoms with Crippen molar-refractivity contribution < 1.29 is 8.42 Å². The van der Waals surface area contributed by atoms with Crippen molar-refractivity contribution in [2.24, 2.45) is 5.73 Å². The molecule has 0 radical (unpaired) electrons. The molecule has 0 aliphatic heterocycles. The van der Waals surface area contributed by atoms with E-state index in [9.17, 15) is 8.42 Å². The highest BCUT2D eigenvalue weighted by Crippen LogP contribution is 2.23. The lowest BCUT2D eigenvalue weighted by atomic mass is 10.2. The lowest BCUT2D eigenvalue weighted by molar-refractivity contribution is 0.561. The summed E-state index contributed by atoms with van der Waals surface area (Å²) >= 11 is 1.57. The Hall–Kier alpha value is -0.980. The summed E-state index contributed by atoms with van der Waals surface area (Å²) in [6.07, 6.45) is 1.71. The molecule has 0 amide bonds. The van der Waals surface area contributed by atoms with Crippen molar-refractivity contribution >= 4 is 31.4 Å². The summed E-state index contributed by atoms with van der Waals surface area (Å²) in [6.45, 7) is 1.65. The van der Waals surface area contributed by atoms with E-state index in [4.69, 9.17) is 5.73 Å². The van der Waals surface area contributed by atoms with E-state index in [0.29, 0.717) is 6.42 Å². The summed E-state index contributed by atoms with van der Waals surface area (Å²) in [5, 5.41) is 0.337. The van der Waals surface area contributed by atoms with Gasteiger partial charge < -0.3 is 5.73 Å². The minimum absolute atomic E-state index is 0.416. The molecule has 0 aliphatic carbocycles. The van der Waals surface area contributed by atoms with Gasteiger partial charge in [-0.15, -0.1) is 11.3 Å². The monoisotopic (exact) mass is 284 g/mol. The van der Waals surface area contributed by atoms with E-state index in [2.05, 4.69) is 4.98 Å². The van der Waals surface area contributed by atoms with Crippen LogP contribution in [0.4, 0.5) is 0 Å². The average molecular weight is 284 g/mol. The topological polar surface area (TPSA) is 73.0 Å². The average Bonchev–Trinajstić information content (AvgIpc) is 2.68. The summed E-state index contributed by atoms with van der Waals surface area (Å²) in [6, 6.07) is 7.43. The van der Waals surface area contributed by atoms with Gasteiger partial charge in [0, 0.05) is 18.7 Å². The lowest BCUT2D eigenvalue weighted by Gasteiger charge is -2.16. The maximum Gasteiger partial charge on any atom is 0.151 e. The number of hydrogen-bond acceptors (Lipinski definition) is 5. The van der Waals surface area contributed by atoms with Gasteiger partial charge in [-0.2, -0.15) is 0 Å². The molecule has 2 atom stereocenters. The van der Waals surface area contributed by atoms with E-state index in [1.54, 1.807) is 18.3 Å². The number of sulfone groups is 1. The summed E-state index contributed by atoms with van der Waals surface area (Å²) in [5.41, 5.74) is 6.89. The molecule has 2 unspecified atom stereocenters. The zero-order valence-electron chi connectivity index (χ0n) is 10.3. The number of thiazole rings is 1. The van der Waals surface area contributed by atoms with Crippen LogP contribution in [0.2, 0.25) is 0 Å². The first-order valence-corrected chi connectivity index (χ1v) is 8.44. The van der Waals surface area contributed by atoms with E-state index in [0.717, 1.165) is 15.2 Å². The molecule has 4 nitrogen and oxygen atoms in total. The predicted octanol–water partition coefficient (Wildman–Crippen LogP) is 1.60. The van der Waals surface area contributed by atoms with Gasteiger partial charge in [0.25, 0.3) is 0 Å². The van der Waals surface area contributed by atoms with Gasteiger partial charge in [-0.25, -0.2) is 13.4 Å². The van der Waals surface area contributed by atoms with Gasteiger partial charge in [0.2, 0.25) is 0 Å². The normalized spacial score (nSPS) is 15.7. The van der Waals surface area contributed by atoms with Gasteiger partial charge in [-0.3, -0.25) is 0 Å². The molecule has 1 aromatic heterocycles. The van der Waals surface area contributed by atoms with Gasteiger partial charge in [-0.05, 0) is 19.1 Å².